The minimum Gasteiger partial charge on any atom is -0.478 e. The molecule has 0 aliphatic carbocycles. The first-order valence-electron chi connectivity index (χ1n) is 11.3. The molecule has 0 saturated heterocycles. The van der Waals surface area contributed by atoms with Gasteiger partial charge in [-0.15, -0.1) is 0 Å². The normalized spacial score (nSPS) is 12.4. The predicted octanol–water partition coefficient (Wildman–Crippen LogP) is 5.60. The molecule has 4 aromatic rings. The first-order valence-corrected chi connectivity index (χ1v) is 11.3. The number of pyridine rings is 1. The van der Waals surface area contributed by atoms with Gasteiger partial charge in [0.1, 0.15) is 5.82 Å². The number of aromatic carboxylic acids is 1. The lowest BCUT2D eigenvalue weighted by atomic mass is 9.83. The number of rotatable bonds is 7. The molecule has 0 fully saturated rings. The summed E-state index contributed by atoms with van der Waals surface area (Å²) in [5.74, 6) is -1.91. The highest BCUT2D eigenvalue weighted by molar-refractivity contribution is 6.00. The summed E-state index contributed by atoms with van der Waals surface area (Å²) in [6, 6.07) is 21.8. The minimum atomic E-state index is -1.02. The molecule has 0 bridgehead atoms. The van der Waals surface area contributed by atoms with Gasteiger partial charge < -0.3 is 14.9 Å². The second-order valence-electron chi connectivity index (χ2n) is 8.65. The van der Waals surface area contributed by atoms with E-state index >= 15 is 4.39 Å². The summed E-state index contributed by atoms with van der Waals surface area (Å²) in [4.78, 5) is 23.0. The zero-order chi connectivity index (χ0) is 25.8. The van der Waals surface area contributed by atoms with Crippen molar-refractivity contribution in [3.63, 3.8) is 0 Å². The van der Waals surface area contributed by atoms with Gasteiger partial charge in [-0.3, -0.25) is 4.79 Å². The molecular weight excluding hydrogens is 459 g/mol. The molecule has 0 aliphatic rings. The molecule has 0 saturated carbocycles. The van der Waals surface area contributed by atoms with Crippen molar-refractivity contribution in [2.45, 2.75) is 19.3 Å². The van der Waals surface area contributed by atoms with E-state index in [1.165, 1.54) is 28.8 Å². The molecule has 6 nitrogen and oxygen atoms in total. The van der Waals surface area contributed by atoms with Crippen LogP contribution in [0.5, 0.6) is 0 Å². The third-order valence-corrected chi connectivity index (χ3v) is 6.34. The molecule has 1 aromatic heterocycles. The first-order chi connectivity index (χ1) is 17.3. The lowest BCUT2D eigenvalue weighted by Crippen LogP contribution is -2.18. The molecule has 1 heterocycles. The minimum absolute atomic E-state index is 0.157. The molecule has 7 heteroatoms. The van der Waals surface area contributed by atoms with Crippen LogP contribution in [0.15, 0.2) is 95.0 Å². The number of aryl methyl sites for hydroxylation is 2. The molecule has 36 heavy (non-hydrogen) atoms. The van der Waals surface area contributed by atoms with E-state index in [1.54, 1.807) is 43.6 Å². The van der Waals surface area contributed by atoms with E-state index in [4.69, 9.17) is 5.11 Å². The lowest BCUT2D eigenvalue weighted by Gasteiger charge is -2.22. The monoisotopic (exact) mass is 484 g/mol. The Labute approximate surface area is 207 Å². The smallest absolute Gasteiger partial charge is 0.335 e. The summed E-state index contributed by atoms with van der Waals surface area (Å²) >= 11 is 0. The van der Waals surface area contributed by atoms with Crippen LogP contribution >= 0.6 is 0 Å². The van der Waals surface area contributed by atoms with E-state index in [0.717, 1.165) is 11.1 Å². The summed E-state index contributed by atoms with van der Waals surface area (Å²) in [6.45, 7) is 1.95. The maximum Gasteiger partial charge on any atom is 0.335 e. The van der Waals surface area contributed by atoms with Gasteiger partial charge in [0.25, 0.3) is 0 Å². The van der Waals surface area contributed by atoms with Crippen molar-refractivity contribution in [1.29, 1.82) is 0 Å². The third kappa shape index (κ3) is 5.10. The maximum atomic E-state index is 15.6. The molecule has 1 unspecified atom stereocenters. The Morgan fingerprint density at radius 1 is 0.944 bits per heavy atom. The molecule has 2 N–H and O–H groups in total. The Kier molecular flexibility index (Phi) is 7.10. The largest absolute Gasteiger partial charge is 0.478 e. The van der Waals surface area contributed by atoms with Gasteiger partial charge in [0, 0.05) is 37.2 Å². The van der Waals surface area contributed by atoms with Crippen LogP contribution in [0.4, 0.5) is 4.39 Å². The van der Waals surface area contributed by atoms with Gasteiger partial charge in [-0.05, 0) is 59.0 Å². The topological polar surface area (TPSA) is 91.9 Å². The van der Waals surface area contributed by atoms with Crippen LogP contribution in [0.3, 0.4) is 0 Å². The fraction of sp³-hybridized carbons (Fsp3) is 0.138. The Morgan fingerprint density at radius 3 is 2.22 bits per heavy atom. The van der Waals surface area contributed by atoms with Gasteiger partial charge in [-0.25, -0.2) is 9.18 Å². The highest BCUT2D eigenvalue weighted by Gasteiger charge is 2.23. The molecule has 1 atom stereocenters. The number of hydrogen-bond donors (Lipinski definition) is 2. The fourth-order valence-corrected chi connectivity index (χ4v) is 4.33. The van der Waals surface area contributed by atoms with Crippen molar-refractivity contribution in [3.8, 4) is 11.1 Å². The Morgan fingerprint density at radius 2 is 1.61 bits per heavy atom. The molecule has 0 radical (unpaired) electrons. The van der Waals surface area contributed by atoms with E-state index in [2.05, 4.69) is 5.16 Å². The number of oxime groups is 1. The Hall–Kier alpha value is -4.52. The molecule has 3 aromatic carbocycles. The SMILES string of the molecule is Cc1ccccc1C(C/C(=N/O)c1ccc(=O)n(C)c1)c1ccc(-c2ccc(C(=O)O)cc2)cc1F. The van der Waals surface area contributed by atoms with Crippen molar-refractivity contribution < 1.29 is 19.5 Å². The van der Waals surface area contributed by atoms with Crippen LogP contribution in [-0.2, 0) is 7.05 Å². The summed E-state index contributed by atoms with van der Waals surface area (Å²) in [5, 5.41) is 22.5. The number of hydrogen-bond acceptors (Lipinski definition) is 4. The fourth-order valence-electron chi connectivity index (χ4n) is 4.33. The molecule has 182 valence electrons. The maximum absolute atomic E-state index is 15.6. The standard InChI is InChI=1S/C29H25FN2O4/c1-18-5-3-4-6-23(18)25(16-27(31-36)22-12-14-28(33)32(2)17-22)24-13-11-21(15-26(24)30)19-7-9-20(10-8-19)29(34)35/h3-15,17,25,36H,16H2,1-2H3,(H,34,35)/b31-27-. The Balaban J connectivity index is 1.75. The van der Waals surface area contributed by atoms with Gasteiger partial charge in [0.2, 0.25) is 5.56 Å². The summed E-state index contributed by atoms with van der Waals surface area (Å²) in [6.07, 6.45) is 1.79. The van der Waals surface area contributed by atoms with E-state index in [1.807, 2.05) is 31.2 Å². The van der Waals surface area contributed by atoms with Gasteiger partial charge in [0.15, 0.2) is 0 Å². The summed E-state index contributed by atoms with van der Waals surface area (Å²) in [7, 11) is 1.61. The van der Waals surface area contributed by atoms with Crippen molar-refractivity contribution in [2.75, 3.05) is 0 Å². The van der Waals surface area contributed by atoms with Crippen molar-refractivity contribution in [2.24, 2.45) is 12.2 Å². The van der Waals surface area contributed by atoms with E-state index in [0.29, 0.717) is 28.0 Å². The molecular formula is C29H25FN2O4. The van der Waals surface area contributed by atoms with Gasteiger partial charge >= 0.3 is 5.97 Å². The van der Waals surface area contributed by atoms with E-state index < -0.39 is 17.7 Å². The number of nitrogens with zero attached hydrogens (tertiary/aromatic N) is 2. The van der Waals surface area contributed by atoms with Crippen LogP contribution < -0.4 is 5.56 Å². The number of carboxylic acids is 1. The van der Waals surface area contributed by atoms with Crippen LogP contribution in [0.1, 0.15) is 45.0 Å². The van der Waals surface area contributed by atoms with Crippen LogP contribution in [0.2, 0.25) is 0 Å². The second-order valence-corrected chi connectivity index (χ2v) is 8.65. The summed E-state index contributed by atoms with van der Waals surface area (Å²) < 4.78 is 17.0. The van der Waals surface area contributed by atoms with E-state index in [-0.39, 0.29) is 17.5 Å². The molecule has 4 rings (SSSR count). The number of benzene rings is 3. The first kappa shape index (κ1) is 24.6. The summed E-state index contributed by atoms with van der Waals surface area (Å²) in [5.41, 5.74) is 4.45. The van der Waals surface area contributed by atoms with Crippen LogP contribution in [0, 0.1) is 12.7 Å². The molecule has 0 aliphatic heterocycles. The quantitative estimate of drug-likeness (QED) is 0.203. The average molecular weight is 485 g/mol. The van der Waals surface area contributed by atoms with E-state index in [9.17, 15) is 14.8 Å². The molecule has 0 spiro atoms. The number of carboxylic acid groups (broad SMARTS) is 1. The van der Waals surface area contributed by atoms with Crippen molar-refractivity contribution in [1.82, 2.24) is 4.57 Å². The zero-order valence-electron chi connectivity index (χ0n) is 19.9. The third-order valence-electron chi connectivity index (χ3n) is 6.34. The van der Waals surface area contributed by atoms with Gasteiger partial charge in [0.05, 0.1) is 11.3 Å². The number of carbonyl (C=O) groups is 1. The van der Waals surface area contributed by atoms with Crippen LogP contribution in [-0.4, -0.2) is 26.6 Å². The predicted molar refractivity (Wildman–Crippen MR) is 136 cm³/mol. The Bertz CT molecular complexity index is 1510. The second kappa shape index (κ2) is 10.4. The van der Waals surface area contributed by atoms with Crippen molar-refractivity contribution >= 4 is 11.7 Å². The highest BCUT2D eigenvalue weighted by atomic mass is 19.1. The average Bonchev–Trinajstić information content (AvgIpc) is 2.87. The highest BCUT2D eigenvalue weighted by Crippen LogP contribution is 2.35. The number of aromatic nitrogens is 1. The zero-order valence-corrected chi connectivity index (χ0v) is 19.9. The van der Waals surface area contributed by atoms with Crippen LogP contribution in [0.25, 0.3) is 11.1 Å². The lowest BCUT2D eigenvalue weighted by molar-refractivity contribution is 0.0697. The molecule has 0 amide bonds. The van der Waals surface area contributed by atoms with Crippen molar-refractivity contribution in [3.05, 3.63) is 129 Å². The van der Waals surface area contributed by atoms with Gasteiger partial charge in [-0.1, -0.05) is 53.7 Å². The van der Waals surface area contributed by atoms with Gasteiger partial charge in [-0.2, -0.15) is 0 Å². The number of halogens is 1.